The molecular weight excluding hydrogens is 224 g/mol. The average Bonchev–Trinajstić information content (AvgIpc) is 2.77. The van der Waals surface area contributed by atoms with Gasteiger partial charge in [-0.15, -0.1) is 0 Å². The van der Waals surface area contributed by atoms with E-state index in [-0.39, 0.29) is 17.0 Å². The third kappa shape index (κ3) is 3.07. The summed E-state index contributed by atoms with van der Waals surface area (Å²) in [5, 5.41) is 0. The Kier molecular flexibility index (Phi) is 4.85. The fraction of sp³-hybridized carbons (Fsp3) is 0.938. The van der Waals surface area contributed by atoms with Crippen molar-refractivity contribution in [3.63, 3.8) is 0 Å². The van der Waals surface area contributed by atoms with Gasteiger partial charge in [-0.1, -0.05) is 27.7 Å². The van der Waals surface area contributed by atoms with Gasteiger partial charge in [0.2, 0.25) is 0 Å². The van der Waals surface area contributed by atoms with Crippen molar-refractivity contribution in [3.05, 3.63) is 0 Å². The van der Waals surface area contributed by atoms with E-state index in [1.807, 2.05) is 13.8 Å². The van der Waals surface area contributed by atoms with Crippen LogP contribution in [0.3, 0.4) is 0 Å². The van der Waals surface area contributed by atoms with Crippen molar-refractivity contribution in [1.82, 2.24) is 0 Å². The second kappa shape index (κ2) is 5.63. The van der Waals surface area contributed by atoms with Gasteiger partial charge in [0.1, 0.15) is 5.60 Å². The van der Waals surface area contributed by atoms with Crippen molar-refractivity contribution < 1.29 is 9.53 Å². The molecule has 106 valence electrons. The normalized spacial score (nSPS) is 21.1. The van der Waals surface area contributed by atoms with E-state index in [1.165, 1.54) is 12.8 Å². The molecule has 0 aromatic heterocycles. The lowest BCUT2D eigenvalue weighted by molar-refractivity contribution is -0.178. The van der Waals surface area contributed by atoms with E-state index in [1.54, 1.807) is 0 Å². The third-order valence-corrected chi connectivity index (χ3v) is 5.01. The molecule has 0 radical (unpaired) electrons. The van der Waals surface area contributed by atoms with Crippen LogP contribution in [0.5, 0.6) is 0 Å². The van der Waals surface area contributed by atoms with Crippen LogP contribution < -0.4 is 0 Å². The van der Waals surface area contributed by atoms with Crippen LogP contribution in [0.4, 0.5) is 0 Å². The summed E-state index contributed by atoms with van der Waals surface area (Å²) >= 11 is 0. The van der Waals surface area contributed by atoms with Crippen LogP contribution in [0.15, 0.2) is 0 Å². The molecule has 0 aromatic rings. The van der Waals surface area contributed by atoms with Crippen LogP contribution in [0.2, 0.25) is 0 Å². The second-order valence-electron chi connectivity index (χ2n) is 6.93. The van der Waals surface area contributed by atoms with Crippen molar-refractivity contribution in [1.29, 1.82) is 0 Å². The number of carbonyl (C=O) groups excluding carboxylic acids is 1. The molecule has 1 rings (SSSR count). The Labute approximate surface area is 112 Å². The van der Waals surface area contributed by atoms with Gasteiger partial charge in [0.25, 0.3) is 0 Å². The van der Waals surface area contributed by atoms with E-state index in [0.29, 0.717) is 11.8 Å². The summed E-state index contributed by atoms with van der Waals surface area (Å²) in [6.07, 6.45) is 5.29. The highest BCUT2D eigenvalue weighted by atomic mass is 16.6. The Morgan fingerprint density at radius 2 is 1.72 bits per heavy atom. The maximum atomic E-state index is 12.4. The molecule has 1 unspecified atom stereocenters. The van der Waals surface area contributed by atoms with Crippen LogP contribution in [0.25, 0.3) is 0 Å². The van der Waals surface area contributed by atoms with Crippen LogP contribution in [0, 0.1) is 17.3 Å². The number of carbonyl (C=O) groups is 1. The Balaban J connectivity index is 2.84. The van der Waals surface area contributed by atoms with E-state index >= 15 is 0 Å². The lowest BCUT2D eigenvalue weighted by atomic mass is 9.79. The van der Waals surface area contributed by atoms with Crippen LogP contribution in [-0.2, 0) is 9.53 Å². The lowest BCUT2D eigenvalue weighted by Crippen LogP contribution is -2.44. The number of hydrogen-bond donors (Lipinski definition) is 0. The molecule has 2 heteroatoms. The van der Waals surface area contributed by atoms with Crippen molar-refractivity contribution in [2.24, 2.45) is 17.3 Å². The number of rotatable bonds is 5. The monoisotopic (exact) mass is 254 g/mol. The van der Waals surface area contributed by atoms with Crippen molar-refractivity contribution >= 4 is 5.97 Å². The zero-order valence-corrected chi connectivity index (χ0v) is 13.0. The molecule has 0 aromatic carbocycles. The number of ether oxygens (including phenoxy) is 1. The smallest absolute Gasteiger partial charge is 0.312 e. The maximum Gasteiger partial charge on any atom is 0.312 e. The third-order valence-electron chi connectivity index (χ3n) is 5.01. The van der Waals surface area contributed by atoms with Crippen molar-refractivity contribution in [3.8, 4) is 0 Å². The zero-order chi connectivity index (χ0) is 14.0. The van der Waals surface area contributed by atoms with Gasteiger partial charge in [-0.2, -0.15) is 0 Å². The molecule has 1 fully saturated rings. The molecule has 0 aliphatic heterocycles. The molecule has 18 heavy (non-hydrogen) atoms. The van der Waals surface area contributed by atoms with Gasteiger partial charge < -0.3 is 4.74 Å². The first-order valence-electron chi connectivity index (χ1n) is 7.48. The summed E-state index contributed by atoms with van der Waals surface area (Å²) in [6.45, 7) is 12.7. The van der Waals surface area contributed by atoms with Gasteiger partial charge in [-0.05, 0) is 57.8 Å². The minimum atomic E-state index is -0.355. The Bertz CT molecular complexity index is 285. The van der Waals surface area contributed by atoms with Gasteiger partial charge in [0.05, 0.1) is 5.41 Å². The maximum absolute atomic E-state index is 12.4. The molecule has 1 aliphatic rings. The van der Waals surface area contributed by atoms with E-state index in [4.69, 9.17) is 4.74 Å². The van der Waals surface area contributed by atoms with E-state index < -0.39 is 0 Å². The minimum Gasteiger partial charge on any atom is -0.458 e. The van der Waals surface area contributed by atoms with Crippen LogP contribution in [-0.4, -0.2) is 11.6 Å². The molecule has 1 aliphatic carbocycles. The topological polar surface area (TPSA) is 26.3 Å². The Morgan fingerprint density at radius 1 is 1.22 bits per heavy atom. The summed E-state index contributed by atoms with van der Waals surface area (Å²) in [4.78, 5) is 12.4. The van der Waals surface area contributed by atoms with E-state index in [9.17, 15) is 4.79 Å². The van der Waals surface area contributed by atoms with Crippen molar-refractivity contribution in [2.75, 3.05) is 0 Å². The fourth-order valence-corrected chi connectivity index (χ4v) is 2.70. The lowest BCUT2D eigenvalue weighted by Gasteiger charge is -2.39. The summed E-state index contributed by atoms with van der Waals surface area (Å²) in [6, 6.07) is 0. The van der Waals surface area contributed by atoms with Crippen LogP contribution in [0.1, 0.15) is 73.6 Å². The molecule has 0 spiro atoms. The van der Waals surface area contributed by atoms with Gasteiger partial charge in [-0.25, -0.2) is 0 Å². The number of esters is 1. The largest absolute Gasteiger partial charge is 0.458 e. The molecule has 0 bridgehead atoms. The molecule has 2 nitrogen and oxygen atoms in total. The first-order valence-corrected chi connectivity index (χ1v) is 7.48. The van der Waals surface area contributed by atoms with Gasteiger partial charge >= 0.3 is 5.97 Å². The Morgan fingerprint density at radius 3 is 2.11 bits per heavy atom. The molecular formula is C16H30O2. The molecule has 0 heterocycles. The number of hydrogen-bond acceptors (Lipinski definition) is 2. The molecule has 0 N–H and O–H groups in total. The highest BCUT2D eigenvalue weighted by Crippen LogP contribution is 2.43. The highest BCUT2D eigenvalue weighted by Gasteiger charge is 2.45. The van der Waals surface area contributed by atoms with Gasteiger partial charge in [-0.3, -0.25) is 4.79 Å². The van der Waals surface area contributed by atoms with Gasteiger partial charge in [0, 0.05) is 0 Å². The SMILES string of the molecule is CCC(C)(C)C(=O)OC1(C(C)C(C)C)CCCC1. The Hall–Kier alpha value is -0.530. The summed E-state index contributed by atoms with van der Waals surface area (Å²) in [7, 11) is 0. The first-order chi connectivity index (χ1) is 8.25. The van der Waals surface area contributed by atoms with Gasteiger partial charge in [0.15, 0.2) is 0 Å². The van der Waals surface area contributed by atoms with E-state index in [0.717, 1.165) is 19.3 Å². The molecule has 0 saturated heterocycles. The van der Waals surface area contributed by atoms with Crippen molar-refractivity contribution in [2.45, 2.75) is 79.2 Å². The predicted molar refractivity (Wildman–Crippen MR) is 75.4 cm³/mol. The minimum absolute atomic E-state index is 0.0144. The molecule has 0 amide bonds. The first kappa shape index (κ1) is 15.5. The summed E-state index contributed by atoms with van der Waals surface area (Å²) in [5.41, 5.74) is -0.552. The zero-order valence-electron chi connectivity index (χ0n) is 13.0. The second-order valence-corrected chi connectivity index (χ2v) is 6.93. The van der Waals surface area contributed by atoms with Crippen LogP contribution >= 0.6 is 0 Å². The highest BCUT2D eigenvalue weighted by molar-refractivity contribution is 5.76. The summed E-state index contributed by atoms with van der Waals surface area (Å²) < 4.78 is 6.04. The average molecular weight is 254 g/mol. The predicted octanol–water partition coefficient (Wildman–Crippen LogP) is 4.57. The molecule has 1 atom stereocenters. The summed E-state index contributed by atoms with van der Waals surface area (Å²) in [5.74, 6) is 0.983. The molecule has 1 saturated carbocycles. The fourth-order valence-electron chi connectivity index (χ4n) is 2.70. The quantitative estimate of drug-likeness (QED) is 0.672. The standard InChI is InChI=1S/C16H30O2/c1-7-15(5,6)14(17)18-16(10-8-9-11-16)13(4)12(2)3/h12-13H,7-11H2,1-6H3. The van der Waals surface area contributed by atoms with E-state index in [2.05, 4.69) is 27.7 Å².